The molecule has 1 fully saturated rings. The van der Waals surface area contributed by atoms with Crippen LogP contribution in [0.1, 0.15) is 44.8 Å². The molecular formula is C23H23N5O4S. The predicted octanol–water partition coefficient (Wildman–Crippen LogP) is 4.50. The van der Waals surface area contributed by atoms with Crippen molar-refractivity contribution < 1.29 is 19.1 Å². The van der Waals surface area contributed by atoms with Gasteiger partial charge in [-0.1, -0.05) is 17.4 Å². The van der Waals surface area contributed by atoms with Crippen molar-refractivity contribution in [3.63, 3.8) is 0 Å². The van der Waals surface area contributed by atoms with Crippen LogP contribution in [0, 0.1) is 13.8 Å². The summed E-state index contributed by atoms with van der Waals surface area (Å²) in [5.41, 5.74) is 3.52. The monoisotopic (exact) mass is 465 g/mol. The van der Waals surface area contributed by atoms with Gasteiger partial charge in [-0.05, 0) is 62.1 Å². The van der Waals surface area contributed by atoms with Crippen molar-refractivity contribution in [3.05, 3.63) is 57.5 Å². The smallest absolute Gasteiger partial charge is 0.322 e. The Morgan fingerprint density at radius 2 is 1.79 bits per heavy atom. The van der Waals surface area contributed by atoms with Crippen molar-refractivity contribution in [1.82, 2.24) is 15.1 Å². The van der Waals surface area contributed by atoms with Gasteiger partial charge in [-0.15, -0.1) is 10.2 Å². The predicted molar refractivity (Wildman–Crippen MR) is 124 cm³/mol. The molecule has 2 aromatic carbocycles. The van der Waals surface area contributed by atoms with E-state index in [2.05, 4.69) is 26.9 Å². The molecule has 1 atom stereocenters. The molecule has 2 N–H and O–H groups in total. The van der Waals surface area contributed by atoms with E-state index in [0.29, 0.717) is 28.7 Å². The van der Waals surface area contributed by atoms with Gasteiger partial charge in [-0.2, -0.15) is 0 Å². The van der Waals surface area contributed by atoms with Gasteiger partial charge in [-0.3, -0.25) is 4.79 Å². The Bertz CT molecular complexity index is 1210. The molecule has 0 aliphatic carbocycles. The highest BCUT2D eigenvalue weighted by Gasteiger charge is 2.33. The molecule has 3 heterocycles. The van der Waals surface area contributed by atoms with Crippen LogP contribution in [0.3, 0.4) is 0 Å². The number of amides is 3. The van der Waals surface area contributed by atoms with Gasteiger partial charge in [-0.25, -0.2) is 4.79 Å². The number of hydrogen-bond acceptors (Lipinski definition) is 7. The third-order valence-corrected chi connectivity index (χ3v) is 6.56. The summed E-state index contributed by atoms with van der Waals surface area (Å²) in [6, 6.07) is 10.8. The third-order valence-electron chi connectivity index (χ3n) is 5.54. The SMILES string of the molecule is Cc1cc(C)cc(NC(=O)N2CCC[C@H]2c2nnc(C(=O)Nc3ccc4c(c3)OCO4)s2)c1. The summed E-state index contributed by atoms with van der Waals surface area (Å²) < 4.78 is 10.6. The molecule has 0 unspecified atom stereocenters. The molecule has 9 nitrogen and oxygen atoms in total. The number of likely N-dealkylation sites (tertiary alicyclic amines) is 1. The number of rotatable bonds is 4. The first-order valence-electron chi connectivity index (χ1n) is 10.7. The number of carbonyl (C=O) groups is 2. The summed E-state index contributed by atoms with van der Waals surface area (Å²) in [7, 11) is 0. The molecular weight excluding hydrogens is 442 g/mol. The molecule has 0 radical (unpaired) electrons. The van der Waals surface area contributed by atoms with Gasteiger partial charge in [0, 0.05) is 24.0 Å². The highest BCUT2D eigenvalue weighted by molar-refractivity contribution is 7.13. The van der Waals surface area contributed by atoms with Gasteiger partial charge >= 0.3 is 6.03 Å². The summed E-state index contributed by atoms with van der Waals surface area (Å²) >= 11 is 1.20. The van der Waals surface area contributed by atoms with E-state index in [-0.39, 0.29) is 29.8 Å². The molecule has 3 aromatic rings. The van der Waals surface area contributed by atoms with Crippen LogP contribution < -0.4 is 20.1 Å². The van der Waals surface area contributed by atoms with E-state index in [4.69, 9.17) is 9.47 Å². The minimum atomic E-state index is -0.359. The number of ether oxygens (including phenoxy) is 2. The maximum atomic E-state index is 13.0. The normalized spacial score (nSPS) is 16.7. The highest BCUT2D eigenvalue weighted by atomic mass is 32.1. The zero-order valence-corrected chi connectivity index (χ0v) is 19.1. The molecule has 0 bridgehead atoms. The van der Waals surface area contributed by atoms with Crippen LogP contribution in [-0.4, -0.2) is 40.4 Å². The first-order chi connectivity index (χ1) is 16.0. The molecule has 33 heavy (non-hydrogen) atoms. The largest absolute Gasteiger partial charge is 0.454 e. The maximum Gasteiger partial charge on any atom is 0.322 e. The molecule has 0 spiro atoms. The van der Waals surface area contributed by atoms with Gasteiger partial charge in [0.05, 0.1) is 6.04 Å². The Kier molecular flexibility index (Phi) is 5.59. The number of urea groups is 1. The molecule has 2 aliphatic heterocycles. The topological polar surface area (TPSA) is 106 Å². The first-order valence-corrected chi connectivity index (χ1v) is 11.5. The van der Waals surface area contributed by atoms with Crippen LogP contribution in [0.15, 0.2) is 36.4 Å². The standard InChI is InChI=1S/C23H23N5O4S/c1-13-8-14(2)10-16(9-13)25-23(30)28-7-3-4-17(28)21-26-27-22(33-21)20(29)24-15-5-6-18-19(11-15)32-12-31-18/h5-6,8-11,17H,3-4,7,12H2,1-2H3,(H,24,29)(H,25,30)/t17-/m0/s1. The fraction of sp³-hybridized carbons (Fsp3) is 0.304. The summed E-state index contributed by atoms with van der Waals surface area (Å²) in [4.78, 5) is 27.4. The molecule has 1 saturated heterocycles. The van der Waals surface area contributed by atoms with Gasteiger partial charge in [0.15, 0.2) is 11.5 Å². The third kappa shape index (κ3) is 4.47. The number of nitrogens with one attached hydrogen (secondary N) is 2. The molecule has 10 heteroatoms. The van der Waals surface area contributed by atoms with Crippen LogP contribution in [-0.2, 0) is 0 Å². The lowest BCUT2D eigenvalue weighted by molar-refractivity contribution is 0.102. The van der Waals surface area contributed by atoms with Crippen molar-refractivity contribution in [2.45, 2.75) is 32.7 Å². The van der Waals surface area contributed by atoms with E-state index in [0.717, 1.165) is 29.7 Å². The fourth-order valence-electron chi connectivity index (χ4n) is 4.13. The van der Waals surface area contributed by atoms with Gasteiger partial charge in [0.25, 0.3) is 5.91 Å². The van der Waals surface area contributed by atoms with E-state index >= 15 is 0 Å². The number of carbonyl (C=O) groups excluding carboxylic acids is 2. The molecule has 5 rings (SSSR count). The van der Waals surface area contributed by atoms with Crippen LogP contribution in [0.4, 0.5) is 16.2 Å². The average molecular weight is 466 g/mol. The Morgan fingerprint density at radius 1 is 1.00 bits per heavy atom. The number of fused-ring (bicyclic) bond motifs is 1. The zero-order chi connectivity index (χ0) is 22.9. The fourth-order valence-corrected chi connectivity index (χ4v) is 5.01. The molecule has 1 aromatic heterocycles. The minimum Gasteiger partial charge on any atom is -0.454 e. The number of aryl methyl sites for hydroxylation is 2. The Labute approximate surface area is 194 Å². The van der Waals surface area contributed by atoms with Crippen molar-refractivity contribution in [3.8, 4) is 11.5 Å². The van der Waals surface area contributed by atoms with Crippen molar-refractivity contribution >= 4 is 34.6 Å². The number of anilines is 2. The van der Waals surface area contributed by atoms with Crippen LogP contribution >= 0.6 is 11.3 Å². The van der Waals surface area contributed by atoms with Crippen molar-refractivity contribution in [2.75, 3.05) is 24.0 Å². The van der Waals surface area contributed by atoms with E-state index in [1.165, 1.54) is 11.3 Å². The second-order valence-corrected chi connectivity index (χ2v) is 9.13. The molecule has 170 valence electrons. The Morgan fingerprint density at radius 3 is 2.61 bits per heavy atom. The van der Waals surface area contributed by atoms with Crippen LogP contribution in [0.2, 0.25) is 0 Å². The molecule has 3 amide bonds. The van der Waals surface area contributed by atoms with E-state index in [9.17, 15) is 9.59 Å². The van der Waals surface area contributed by atoms with E-state index < -0.39 is 0 Å². The molecule has 2 aliphatic rings. The average Bonchev–Trinajstić information content (AvgIpc) is 3.51. The second-order valence-electron chi connectivity index (χ2n) is 8.13. The van der Waals surface area contributed by atoms with Crippen LogP contribution in [0.25, 0.3) is 0 Å². The van der Waals surface area contributed by atoms with Crippen molar-refractivity contribution in [2.24, 2.45) is 0 Å². The highest BCUT2D eigenvalue weighted by Crippen LogP contribution is 2.36. The van der Waals surface area contributed by atoms with Crippen molar-refractivity contribution in [1.29, 1.82) is 0 Å². The van der Waals surface area contributed by atoms with Crippen LogP contribution in [0.5, 0.6) is 11.5 Å². The Balaban J connectivity index is 1.27. The Hall–Kier alpha value is -3.66. The number of benzene rings is 2. The minimum absolute atomic E-state index is 0.168. The summed E-state index contributed by atoms with van der Waals surface area (Å²) in [5, 5.41) is 15.0. The maximum absolute atomic E-state index is 13.0. The summed E-state index contributed by atoms with van der Waals surface area (Å²) in [6.07, 6.45) is 1.64. The zero-order valence-electron chi connectivity index (χ0n) is 18.3. The molecule has 0 saturated carbocycles. The quantitative estimate of drug-likeness (QED) is 0.588. The second kappa shape index (κ2) is 8.70. The van der Waals surface area contributed by atoms with E-state index in [1.54, 1.807) is 23.1 Å². The van der Waals surface area contributed by atoms with Gasteiger partial charge in [0.2, 0.25) is 11.8 Å². The lowest BCUT2D eigenvalue weighted by atomic mass is 10.1. The number of nitrogens with zero attached hydrogens (tertiary/aromatic N) is 3. The van der Waals surface area contributed by atoms with Gasteiger partial charge < -0.3 is 25.0 Å². The van der Waals surface area contributed by atoms with E-state index in [1.807, 2.05) is 26.0 Å². The lowest BCUT2D eigenvalue weighted by Crippen LogP contribution is -2.34. The summed E-state index contributed by atoms with van der Waals surface area (Å²) in [6.45, 7) is 4.79. The summed E-state index contributed by atoms with van der Waals surface area (Å²) in [5.74, 6) is 0.871. The number of hydrogen-bond donors (Lipinski definition) is 2. The number of aromatic nitrogens is 2. The van der Waals surface area contributed by atoms with Gasteiger partial charge in [0.1, 0.15) is 5.01 Å². The first kappa shape index (κ1) is 21.2. The lowest BCUT2D eigenvalue weighted by Gasteiger charge is -2.23.